The number of thiazole rings is 1. The minimum Gasteiger partial charge on any atom is -0.469 e. The lowest BCUT2D eigenvalue weighted by Crippen LogP contribution is -2.28. The number of ether oxygens (including phenoxy) is 1. The Balaban J connectivity index is 2.25. The second-order valence-corrected chi connectivity index (χ2v) is 6.89. The Morgan fingerprint density at radius 1 is 1.53 bits per heavy atom. The number of hydrogen-bond donors (Lipinski definition) is 1. The van der Waals surface area contributed by atoms with Crippen molar-refractivity contribution in [2.75, 3.05) is 19.4 Å². The topological polar surface area (TPSA) is 85.4 Å². The van der Waals surface area contributed by atoms with Gasteiger partial charge in [-0.05, 0) is 13.3 Å². The maximum absolute atomic E-state index is 11.6. The molecule has 0 aromatic carbocycles. The summed E-state index contributed by atoms with van der Waals surface area (Å²) in [5.74, 6) is -0.465. The van der Waals surface area contributed by atoms with Gasteiger partial charge in [-0.1, -0.05) is 0 Å². The van der Waals surface area contributed by atoms with Crippen LogP contribution in [0.25, 0.3) is 0 Å². The Bertz CT molecular complexity index is 511. The van der Waals surface area contributed by atoms with Gasteiger partial charge in [0.2, 0.25) is 10.0 Å². The Morgan fingerprint density at radius 3 is 2.84 bits per heavy atom. The van der Waals surface area contributed by atoms with E-state index in [0.29, 0.717) is 13.0 Å². The molecular weight excluding hydrogens is 288 g/mol. The van der Waals surface area contributed by atoms with Crippen LogP contribution in [0.15, 0.2) is 5.38 Å². The third-order valence-corrected chi connectivity index (χ3v) is 4.85. The summed E-state index contributed by atoms with van der Waals surface area (Å²) in [4.78, 5) is 15.1. The van der Waals surface area contributed by atoms with Crippen LogP contribution in [0.3, 0.4) is 0 Å². The van der Waals surface area contributed by atoms with Crippen molar-refractivity contribution in [3.63, 3.8) is 0 Å². The van der Waals surface area contributed by atoms with Gasteiger partial charge in [-0.2, -0.15) is 0 Å². The number of carbonyl (C=O) groups is 1. The zero-order valence-corrected chi connectivity index (χ0v) is 12.6. The van der Waals surface area contributed by atoms with Crippen LogP contribution < -0.4 is 4.72 Å². The van der Waals surface area contributed by atoms with E-state index in [-0.39, 0.29) is 18.6 Å². The van der Waals surface area contributed by atoms with Crippen molar-refractivity contribution in [3.05, 3.63) is 16.1 Å². The van der Waals surface area contributed by atoms with Gasteiger partial charge in [-0.3, -0.25) is 4.79 Å². The normalized spacial score (nSPS) is 11.5. The number of rotatable bonds is 8. The Labute approximate surface area is 117 Å². The summed E-state index contributed by atoms with van der Waals surface area (Å²) in [6, 6.07) is 0. The zero-order valence-electron chi connectivity index (χ0n) is 11.0. The highest BCUT2D eigenvalue weighted by atomic mass is 32.2. The molecule has 0 atom stereocenters. The SMILES string of the molecule is COC(=O)CCCS(=O)(=O)NCCc1nc(C)cs1. The van der Waals surface area contributed by atoms with Crippen molar-refractivity contribution in [2.45, 2.75) is 26.2 Å². The first-order valence-electron chi connectivity index (χ1n) is 5.88. The van der Waals surface area contributed by atoms with Gasteiger partial charge in [0.05, 0.1) is 17.9 Å². The number of nitrogens with zero attached hydrogens (tertiary/aromatic N) is 1. The van der Waals surface area contributed by atoms with E-state index in [0.717, 1.165) is 10.7 Å². The average molecular weight is 306 g/mol. The predicted octanol–water partition coefficient (Wildman–Crippen LogP) is 0.867. The number of hydrogen-bond acceptors (Lipinski definition) is 6. The molecule has 1 aromatic heterocycles. The molecule has 108 valence electrons. The molecule has 0 bridgehead atoms. The van der Waals surface area contributed by atoms with Crippen molar-refractivity contribution in [2.24, 2.45) is 0 Å². The van der Waals surface area contributed by atoms with E-state index in [4.69, 9.17) is 0 Å². The summed E-state index contributed by atoms with van der Waals surface area (Å²) in [6.07, 6.45) is 0.955. The summed E-state index contributed by atoms with van der Waals surface area (Å²) in [5, 5.41) is 2.84. The first-order chi connectivity index (χ1) is 8.93. The van der Waals surface area contributed by atoms with Crippen LogP contribution in [0.2, 0.25) is 0 Å². The van der Waals surface area contributed by atoms with Crippen LogP contribution in [0.1, 0.15) is 23.5 Å². The fraction of sp³-hybridized carbons (Fsp3) is 0.636. The highest BCUT2D eigenvalue weighted by Gasteiger charge is 2.11. The van der Waals surface area contributed by atoms with Crippen LogP contribution in [0.5, 0.6) is 0 Å². The number of aryl methyl sites for hydroxylation is 1. The van der Waals surface area contributed by atoms with E-state index in [1.54, 1.807) is 0 Å². The minimum absolute atomic E-state index is 0.0704. The average Bonchev–Trinajstić information content (AvgIpc) is 2.74. The third kappa shape index (κ3) is 6.65. The first kappa shape index (κ1) is 16.1. The van der Waals surface area contributed by atoms with E-state index in [1.807, 2.05) is 12.3 Å². The summed E-state index contributed by atoms with van der Waals surface area (Å²) in [7, 11) is -2.05. The van der Waals surface area contributed by atoms with E-state index >= 15 is 0 Å². The van der Waals surface area contributed by atoms with Gasteiger partial charge in [-0.15, -0.1) is 11.3 Å². The molecular formula is C11H18N2O4S2. The van der Waals surface area contributed by atoms with Gasteiger partial charge in [0.1, 0.15) is 0 Å². The molecule has 0 aliphatic heterocycles. The lowest BCUT2D eigenvalue weighted by atomic mass is 10.3. The number of carbonyl (C=O) groups excluding carboxylic acids is 1. The van der Waals surface area contributed by atoms with Crippen molar-refractivity contribution in [1.29, 1.82) is 0 Å². The van der Waals surface area contributed by atoms with Gasteiger partial charge in [0, 0.05) is 30.5 Å². The highest BCUT2D eigenvalue weighted by molar-refractivity contribution is 7.89. The maximum atomic E-state index is 11.6. The highest BCUT2D eigenvalue weighted by Crippen LogP contribution is 2.08. The second-order valence-electron chi connectivity index (χ2n) is 4.03. The molecule has 1 aromatic rings. The number of esters is 1. The molecule has 0 radical (unpaired) electrons. The monoisotopic (exact) mass is 306 g/mol. The number of sulfonamides is 1. The van der Waals surface area contributed by atoms with Crippen LogP contribution in [0, 0.1) is 6.92 Å². The van der Waals surface area contributed by atoms with E-state index in [1.165, 1.54) is 18.4 Å². The van der Waals surface area contributed by atoms with E-state index < -0.39 is 16.0 Å². The van der Waals surface area contributed by atoms with Crippen molar-refractivity contribution >= 4 is 27.3 Å². The second kappa shape index (κ2) is 7.56. The van der Waals surface area contributed by atoms with Crippen LogP contribution >= 0.6 is 11.3 Å². The molecule has 0 unspecified atom stereocenters. The van der Waals surface area contributed by atoms with E-state index in [9.17, 15) is 13.2 Å². The van der Waals surface area contributed by atoms with Crippen LogP contribution in [-0.2, 0) is 26.0 Å². The first-order valence-corrected chi connectivity index (χ1v) is 8.41. The smallest absolute Gasteiger partial charge is 0.305 e. The quantitative estimate of drug-likeness (QED) is 0.720. The molecule has 6 nitrogen and oxygen atoms in total. The van der Waals surface area contributed by atoms with Gasteiger partial charge < -0.3 is 4.74 Å². The van der Waals surface area contributed by atoms with Crippen molar-refractivity contribution < 1.29 is 17.9 Å². The molecule has 0 spiro atoms. The fourth-order valence-corrected chi connectivity index (χ4v) is 3.27. The molecule has 0 aliphatic rings. The summed E-state index contributed by atoms with van der Waals surface area (Å²) in [6.45, 7) is 2.23. The Kier molecular flexibility index (Phi) is 6.40. The third-order valence-electron chi connectivity index (χ3n) is 2.35. The Hall–Kier alpha value is -0.990. The number of methoxy groups -OCH3 is 1. The van der Waals surface area contributed by atoms with Gasteiger partial charge >= 0.3 is 5.97 Å². The number of aromatic nitrogens is 1. The van der Waals surface area contributed by atoms with E-state index in [2.05, 4.69) is 14.4 Å². The fourth-order valence-electron chi connectivity index (χ4n) is 1.41. The number of nitrogens with one attached hydrogen (secondary N) is 1. The molecule has 0 saturated carbocycles. The molecule has 8 heteroatoms. The lowest BCUT2D eigenvalue weighted by Gasteiger charge is -2.05. The molecule has 19 heavy (non-hydrogen) atoms. The molecule has 0 amide bonds. The summed E-state index contributed by atoms with van der Waals surface area (Å²) >= 11 is 1.52. The lowest BCUT2D eigenvalue weighted by molar-refractivity contribution is -0.140. The molecule has 1 rings (SSSR count). The summed E-state index contributed by atoms with van der Waals surface area (Å²) < 4.78 is 30.2. The molecule has 0 aliphatic carbocycles. The predicted molar refractivity (Wildman–Crippen MR) is 73.6 cm³/mol. The maximum Gasteiger partial charge on any atom is 0.305 e. The van der Waals surface area contributed by atoms with Gasteiger partial charge in [0.25, 0.3) is 0 Å². The summed E-state index contributed by atoms with van der Waals surface area (Å²) in [5.41, 5.74) is 0.945. The molecule has 1 N–H and O–H groups in total. The van der Waals surface area contributed by atoms with Crippen molar-refractivity contribution in [1.82, 2.24) is 9.71 Å². The Morgan fingerprint density at radius 2 is 2.26 bits per heavy atom. The molecule has 1 heterocycles. The molecule has 0 saturated heterocycles. The van der Waals surface area contributed by atoms with Gasteiger partial charge in [-0.25, -0.2) is 18.1 Å². The zero-order chi connectivity index (χ0) is 14.3. The van der Waals surface area contributed by atoms with Gasteiger partial charge in [0.15, 0.2) is 0 Å². The minimum atomic E-state index is -3.33. The largest absolute Gasteiger partial charge is 0.469 e. The molecule has 0 fully saturated rings. The van der Waals surface area contributed by atoms with Crippen LogP contribution in [0.4, 0.5) is 0 Å². The van der Waals surface area contributed by atoms with Crippen molar-refractivity contribution in [3.8, 4) is 0 Å². The standard InChI is InChI=1S/C11H18N2O4S2/c1-9-8-18-10(13-9)5-6-12-19(15,16)7-3-4-11(14)17-2/h8,12H,3-7H2,1-2H3. The van der Waals surface area contributed by atoms with Crippen LogP contribution in [-0.4, -0.2) is 38.8 Å².